The number of nitrogens with zero attached hydrogens (tertiary/aromatic N) is 3. The molecule has 2 aromatic carbocycles. The van der Waals surface area contributed by atoms with Gasteiger partial charge in [-0.3, -0.25) is 4.79 Å². The van der Waals surface area contributed by atoms with Crippen LogP contribution >= 0.6 is 0 Å². The molecule has 0 saturated carbocycles. The number of aryl methyl sites for hydroxylation is 1. The van der Waals surface area contributed by atoms with Gasteiger partial charge in [0.2, 0.25) is 5.91 Å². The number of hydrogen-bond acceptors (Lipinski definition) is 5. The summed E-state index contributed by atoms with van der Waals surface area (Å²) in [7, 11) is 0. The Morgan fingerprint density at radius 1 is 1.12 bits per heavy atom. The van der Waals surface area contributed by atoms with Crippen LogP contribution < -0.4 is 15.5 Å². The number of aliphatic hydroxyl groups is 1. The molecule has 7 nitrogen and oxygen atoms in total. The van der Waals surface area contributed by atoms with E-state index in [1.807, 2.05) is 0 Å². The van der Waals surface area contributed by atoms with Crippen molar-refractivity contribution in [3.63, 3.8) is 0 Å². The van der Waals surface area contributed by atoms with E-state index in [2.05, 4.69) is 68.6 Å². The Kier molecular flexibility index (Phi) is 5.15. The number of benzene rings is 2. The first-order chi connectivity index (χ1) is 16.2. The normalized spacial score (nSPS) is 20.6. The lowest BCUT2D eigenvalue weighted by molar-refractivity contribution is -0.122. The fourth-order valence-corrected chi connectivity index (χ4v) is 5.49. The molecule has 4 aromatic rings. The van der Waals surface area contributed by atoms with E-state index in [-0.39, 0.29) is 11.9 Å². The van der Waals surface area contributed by atoms with E-state index in [1.165, 1.54) is 27.5 Å². The van der Waals surface area contributed by atoms with Crippen LogP contribution in [0, 0.1) is 0 Å². The number of rotatable bonds is 5. The predicted molar refractivity (Wildman–Crippen MR) is 132 cm³/mol. The highest BCUT2D eigenvalue weighted by atomic mass is 16.3. The van der Waals surface area contributed by atoms with Crippen molar-refractivity contribution in [1.29, 1.82) is 0 Å². The fourth-order valence-electron chi connectivity index (χ4n) is 5.49. The van der Waals surface area contributed by atoms with Crippen LogP contribution in [-0.4, -0.2) is 58.9 Å². The standard InChI is InChI=1S/C26H29N5O2/c32-17-15-21(28-16-17)26(33)27-11-5-12-30-13-6-14-31-22-10-4-2-8-19(22)23-25(31)24(30)18-7-1-3-9-20(18)29-23/h1-4,7-10,17,21,28,32H,5-6,11-16H2,(H,27,33)/t17-,21?/m1/s1. The summed E-state index contributed by atoms with van der Waals surface area (Å²) in [5, 5.41) is 18.2. The maximum absolute atomic E-state index is 12.4. The zero-order chi connectivity index (χ0) is 22.4. The van der Waals surface area contributed by atoms with Crippen molar-refractivity contribution in [1.82, 2.24) is 20.2 Å². The van der Waals surface area contributed by atoms with Gasteiger partial charge in [0.15, 0.2) is 0 Å². The Morgan fingerprint density at radius 2 is 1.94 bits per heavy atom. The second kappa shape index (κ2) is 8.32. The second-order valence-electron chi connectivity index (χ2n) is 9.18. The van der Waals surface area contributed by atoms with Gasteiger partial charge in [0, 0.05) is 43.5 Å². The van der Waals surface area contributed by atoms with Crippen LogP contribution in [0.3, 0.4) is 0 Å². The average molecular weight is 444 g/mol. The van der Waals surface area contributed by atoms with Gasteiger partial charge in [-0.15, -0.1) is 0 Å². The second-order valence-corrected chi connectivity index (χ2v) is 9.18. The molecule has 2 aliphatic heterocycles. The Balaban J connectivity index is 1.32. The van der Waals surface area contributed by atoms with E-state index in [0.29, 0.717) is 19.5 Å². The van der Waals surface area contributed by atoms with E-state index >= 15 is 0 Å². The molecule has 4 heterocycles. The zero-order valence-electron chi connectivity index (χ0n) is 18.6. The molecule has 1 fully saturated rings. The highest BCUT2D eigenvalue weighted by Crippen LogP contribution is 2.40. The van der Waals surface area contributed by atoms with Gasteiger partial charge >= 0.3 is 0 Å². The van der Waals surface area contributed by atoms with E-state index in [0.717, 1.165) is 43.5 Å². The van der Waals surface area contributed by atoms with E-state index in [4.69, 9.17) is 4.98 Å². The van der Waals surface area contributed by atoms with Crippen LogP contribution in [0.25, 0.3) is 32.8 Å². The van der Waals surface area contributed by atoms with Crippen molar-refractivity contribution in [2.45, 2.75) is 38.0 Å². The van der Waals surface area contributed by atoms with Gasteiger partial charge in [0.25, 0.3) is 0 Å². The van der Waals surface area contributed by atoms with Crippen molar-refractivity contribution in [3.8, 4) is 0 Å². The van der Waals surface area contributed by atoms with Gasteiger partial charge in [-0.05, 0) is 31.4 Å². The number of hydrogen-bond donors (Lipinski definition) is 3. The molecule has 6 rings (SSSR count). The molecule has 1 amide bonds. The smallest absolute Gasteiger partial charge is 0.237 e. The SMILES string of the molecule is O=C(NCCCN1CCCn2c3ccccc3c3nc4ccccc4c1c32)C1C[C@@H](O)CN1. The Hall–Kier alpha value is -3.16. The molecule has 0 bridgehead atoms. The zero-order valence-corrected chi connectivity index (χ0v) is 18.6. The molecule has 1 unspecified atom stereocenters. The third kappa shape index (κ3) is 3.52. The number of amides is 1. The number of aromatic nitrogens is 2. The first-order valence-electron chi connectivity index (χ1n) is 11.9. The molecule has 0 radical (unpaired) electrons. The minimum Gasteiger partial charge on any atom is -0.392 e. The molecule has 1 saturated heterocycles. The number of carbonyl (C=O) groups is 1. The first kappa shape index (κ1) is 20.4. The molecule has 2 atom stereocenters. The maximum Gasteiger partial charge on any atom is 0.237 e. The van der Waals surface area contributed by atoms with Crippen molar-refractivity contribution in [2.24, 2.45) is 0 Å². The van der Waals surface area contributed by atoms with E-state index in [9.17, 15) is 9.90 Å². The summed E-state index contributed by atoms with van der Waals surface area (Å²) in [6.07, 6.45) is 1.99. The van der Waals surface area contributed by atoms with Crippen molar-refractivity contribution >= 4 is 44.4 Å². The minimum atomic E-state index is -0.424. The van der Waals surface area contributed by atoms with Crippen molar-refractivity contribution in [2.75, 3.05) is 31.1 Å². The molecule has 3 N–H and O–H groups in total. The lowest BCUT2D eigenvalue weighted by atomic mass is 10.1. The van der Waals surface area contributed by atoms with Crippen molar-refractivity contribution < 1.29 is 9.90 Å². The number of β-amino-alcohol motifs (C(OH)–C–C–N with tert-alkyl or cyclic N) is 1. The predicted octanol–water partition coefficient (Wildman–Crippen LogP) is 2.78. The van der Waals surface area contributed by atoms with Crippen LogP contribution in [0.4, 0.5) is 5.69 Å². The average Bonchev–Trinajstić information content (AvgIpc) is 3.34. The van der Waals surface area contributed by atoms with Crippen LogP contribution in [-0.2, 0) is 11.3 Å². The maximum atomic E-state index is 12.4. The topological polar surface area (TPSA) is 82.4 Å². The molecule has 2 aliphatic rings. The van der Waals surface area contributed by atoms with Gasteiger partial charge < -0.3 is 25.2 Å². The lowest BCUT2D eigenvalue weighted by Crippen LogP contribution is -2.41. The summed E-state index contributed by atoms with van der Waals surface area (Å²) in [5.74, 6) is -0.0145. The highest BCUT2D eigenvalue weighted by molar-refractivity contribution is 6.16. The number of fused-ring (bicyclic) bond motifs is 5. The minimum absolute atomic E-state index is 0.0145. The molecule has 170 valence electrons. The van der Waals surface area contributed by atoms with E-state index in [1.54, 1.807) is 0 Å². The molecule has 0 spiro atoms. The monoisotopic (exact) mass is 443 g/mol. The number of aliphatic hydroxyl groups excluding tert-OH is 1. The highest BCUT2D eigenvalue weighted by Gasteiger charge is 2.28. The summed E-state index contributed by atoms with van der Waals surface area (Å²) in [4.78, 5) is 19.9. The summed E-state index contributed by atoms with van der Waals surface area (Å²) in [5.41, 5.74) is 5.83. The molecule has 7 heteroatoms. The number of nitrogens with one attached hydrogen (secondary N) is 2. The van der Waals surface area contributed by atoms with Crippen LogP contribution in [0.1, 0.15) is 19.3 Å². The van der Waals surface area contributed by atoms with Gasteiger partial charge in [-0.2, -0.15) is 0 Å². The summed E-state index contributed by atoms with van der Waals surface area (Å²) in [6, 6.07) is 16.7. The number of carbonyl (C=O) groups excluding carboxylic acids is 1. The van der Waals surface area contributed by atoms with Gasteiger partial charge in [-0.1, -0.05) is 36.4 Å². The first-order valence-corrected chi connectivity index (χ1v) is 11.9. The molecular formula is C26H29N5O2. The van der Waals surface area contributed by atoms with Crippen LogP contribution in [0.5, 0.6) is 0 Å². The van der Waals surface area contributed by atoms with Gasteiger partial charge in [0.05, 0.1) is 39.9 Å². The number of pyridine rings is 1. The summed E-state index contributed by atoms with van der Waals surface area (Å²) >= 11 is 0. The third-order valence-electron chi connectivity index (χ3n) is 7.01. The van der Waals surface area contributed by atoms with Crippen LogP contribution in [0.2, 0.25) is 0 Å². The Labute approximate surface area is 192 Å². The molecular weight excluding hydrogens is 414 g/mol. The number of para-hydroxylation sites is 2. The van der Waals surface area contributed by atoms with Gasteiger partial charge in [-0.25, -0.2) is 4.98 Å². The quantitative estimate of drug-likeness (QED) is 0.413. The fraction of sp³-hybridized carbons (Fsp3) is 0.385. The van der Waals surface area contributed by atoms with Gasteiger partial charge in [0.1, 0.15) is 0 Å². The summed E-state index contributed by atoms with van der Waals surface area (Å²) in [6.45, 7) is 3.93. The van der Waals surface area contributed by atoms with Crippen LogP contribution in [0.15, 0.2) is 48.5 Å². The largest absolute Gasteiger partial charge is 0.392 e. The third-order valence-corrected chi connectivity index (χ3v) is 7.01. The number of anilines is 1. The molecule has 2 aromatic heterocycles. The molecule has 33 heavy (non-hydrogen) atoms. The van der Waals surface area contributed by atoms with Crippen molar-refractivity contribution in [3.05, 3.63) is 48.5 Å². The Morgan fingerprint density at radius 3 is 2.79 bits per heavy atom. The lowest BCUT2D eigenvalue weighted by Gasteiger charge is -2.25. The molecule has 0 aliphatic carbocycles. The summed E-state index contributed by atoms with van der Waals surface area (Å²) < 4.78 is 2.44. The Bertz CT molecular complexity index is 1350. The van der Waals surface area contributed by atoms with E-state index < -0.39 is 6.10 Å².